The summed E-state index contributed by atoms with van der Waals surface area (Å²) in [6, 6.07) is 25.5. The van der Waals surface area contributed by atoms with Gasteiger partial charge in [0.25, 0.3) is 0 Å². The van der Waals surface area contributed by atoms with Crippen LogP contribution in [0.1, 0.15) is 71.9 Å². The molecule has 0 amide bonds. The zero-order chi connectivity index (χ0) is 36.5. The first-order chi connectivity index (χ1) is 25.2. The first-order valence-corrected chi connectivity index (χ1v) is 19.4. The third-order valence-electron chi connectivity index (χ3n) is 11.9. The molecule has 3 aromatic carbocycles. The molecule has 5 unspecified atom stereocenters. The summed E-state index contributed by atoms with van der Waals surface area (Å²) in [5.74, 6) is -1.16. The van der Waals surface area contributed by atoms with Crippen LogP contribution >= 0.6 is 0 Å². The Labute approximate surface area is 309 Å². The van der Waals surface area contributed by atoms with Crippen molar-refractivity contribution in [2.75, 3.05) is 26.2 Å². The van der Waals surface area contributed by atoms with Gasteiger partial charge < -0.3 is 26.0 Å². The lowest BCUT2D eigenvalue weighted by Gasteiger charge is -2.25. The summed E-state index contributed by atoms with van der Waals surface area (Å²) < 4.78 is 0. The minimum atomic E-state index is -0.727. The molecule has 0 radical (unpaired) electrons. The Bertz CT molecular complexity index is 1460. The summed E-state index contributed by atoms with van der Waals surface area (Å²) in [7, 11) is 0. The monoisotopic (exact) mass is 707 g/mol. The van der Waals surface area contributed by atoms with E-state index in [2.05, 4.69) is 70.6 Å². The van der Waals surface area contributed by atoms with Crippen LogP contribution in [-0.2, 0) is 48.5 Å². The van der Waals surface area contributed by atoms with Crippen molar-refractivity contribution in [2.24, 2.45) is 35.5 Å². The molecule has 5 atom stereocenters. The minimum absolute atomic E-state index is 0.0728. The maximum atomic E-state index is 12.3. The first-order valence-electron chi connectivity index (χ1n) is 19.4. The van der Waals surface area contributed by atoms with Crippen molar-refractivity contribution < 1.29 is 24.9 Å². The molecule has 0 spiro atoms. The van der Waals surface area contributed by atoms with Gasteiger partial charge in [0.1, 0.15) is 0 Å². The number of aliphatic carboxylic acids is 2. The number of carboxylic acids is 2. The van der Waals surface area contributed by atoms with Crippen molar-refractivity contribution in [3.8, 4) is 0 Å². The van der Waals surface area contributed by atoms with E-state index in [0.717, 1.165) is 80.5 Å². The molecule has 52 heavy (non-hydrogen) atoms. The Morgan fingerprint density at radius 1 is 0.596 bits per heavy atom. The standard InChI is InChI=1S/C44H57N3O5/c1-30(48)40(37-13-2-3-14-37)22-31-7-4-10-34(19-31)27-47(28-35-11-5-8-32(20-35)23-41(43(49)50)38-15-17-45-25-38)29-36-12-6-9-33(21-36)24-42(44(51)52)39-16-18-46-26-39/h4-12,19-21,37-42,45-46,48H,1-3,13-18,22-29H2,(H,49,50)(H,51,52). The second kappa shape index (κ2) is 18.2. The van der Waals surface area contributed by atoms with Gasteiger partial charge in [0, 0.05) is 25.6 Å². The van der Waals surface area contributed by atoms with Gasteiger partial charge in [-0.1, -0.05) is 92.2 Å². The van der Waals surface area contributed by atoms with Gasteiger partial charge in [-0.3, -0.25) is 14.5 Å². The SMILES string of the molecule is C=C(O)C(Cc1cccc(CN(Cc2cccc(CC(C(=O)O)C3CCNC3)c2)Cc2cccc(CC(C(=O)O)C3CCNC3)c2)c1)C1CCCC1. The van der Waals surface area contributed by atoms with E-state index < -0.39 is 23.8 Å². The number of hydrogen-bond acceptors (Lipinski definition) is 6. The number of hydrogen-bond donors (Lipinski definition) is 5. The molecule has 8 nitrogen and oxygen atoms in total. The van der Waals surface area contributed by atoms with Gasteiger partial charge >= 0.3 is 11.9 Å². The van der Waals surface area contributed by atoms with E-state index in [4.69, 9.17) is 0 Å². The van der Waals surface area contributed by atoms with Crippen LogP contribution in [0.3, 0.4) is 0 Å². The molecule has 2 heterocycles. The Kier molecular flexibility index (Phi) is 13.2. The molecule has 8 heteroatoms. The normalized spacial score (nSPS) is 20.9. The van der Waals surface area contributed by atoms with Crippen LogP contribution in [0.25, 0.3) is 0 Å². The van der Waals surface area contributed by atoms with Crippen molar-refractivity contribution >= 4 is 11.9 Å². The lowest BCUT2D eigenvalue weighted by atomic mass is 9.84. The molecule has 2 saturated heterocycles. The van der Waals surface area contributed by atoms with Crippen LogP contribution in [-0.4, -0.2) is 58.3 Å². The molecule has 5 N–H and O–H groups in total. The summed E-state index contributed by atoms with van der Waals surface area (Å²) in [4.78, 5) is 27.0. The number of nitrogens with zero attached hydrogens (tertiary/aromatic N) is 1. The zero-order valence-corrected chi connectivity index (χ0v) is 30.5. The molecular weight excluding hydrogens is 650 g/mol. The molecular formula is C44H57N3O5. The number of carboxylic acid groups (broad SMARTS) is 2. The van der Waals surface area contributed by atoms with E-state index in [-0.39, 0.29) is 17.8 Å². The van der Waals surface area contributed by atoms with Gasteiger partial charge in [0.15, 0.2) is 0 Å². The Morgan fingerprint density at radius 2 is 0.981 bits per heavy atom. The Hall–Kier alpha value is -3.98. The maximum Gasteiger partial charge on any atom is 0.307 e. The molecule has 278 valence electrons. The number of benzene rings is 3. The van der Waals surface area contributed by atoms with Crippen LogP contribution in [0, 0.1) is 35.5 Å². The van der Waals surface area contributed by atoms with Crippen LogP contribution in [0.2, 0.25) is 0 Å². The topological polar surface area (TPSA) is 122 Å². The van der Waals surface area contributed by atoms with Gasteiger partial charge in [0.05, 0.1) is 17.6 Å². The third-order valence-corrected chi connectivity index (χ3v) is 11.9. The van der Waals surface area contributed by atoms with Crippen molar-refractivity contribution in [3.05, 3.63) is 119 Å². The molecule has 0 bridgehead atoms. The number of carbonyl (C=O) groups is 2. The largest absolute Gasteiger partial charge is 0.513 e. The van der Waals surface area contributed by atoms with E-state index in [1.165, 1.54) is 24.0 Å². The van der Waals surface area contributed by atoms with Gasteiger partial charge in [-0.15, -0.1) is 0 Å². The highest BCUT2D eigenvalue weighted by Gasteiger charge is 2.32. The van der Waals surface area contributed by atoms with E-state index >= 15 is 0 Å². The van der Waals surface area contributed by atoms with Crippen LogP contribution in [0.15, 0.2) is 85.1 Å². The van der Waals surface area contributed by atoms with Gasteiger partial charge in [0.2, 0.25) is 0 Å². The van der Waals surface area contributed by atoms with Crippen LogP contribution in [0.5, 0.6) is 0 Å². The quantitative estimate of drug-likeness (QED) is 0.0896. The first kappa shape index (κ1) is 37.8. The van der Waals surface area contributed by atoms with Gasteiger partial charge in [-0.25, -0.2) is 0 Å². The predicted molar refractivity (Wildman–Crippen MR) is 205 cm³/mol. The van der Waals surface area contributed by atoms with E-state index in [9.17, 15) is 24.9 Å². The second-order valence-corrected chi connectivity index (χ2v) is 15.8. The van der Waals surface area contributed by atoms with Crippen molar-refractivity contribution in [1.82, 2.24) is 15.5 Å². The molecule has 6 rings (SSSR count). The lowest BCUT2D eigenvalue weighted by molar-refractivity contribution is -0.144. The number of rotatable bonds is 18. The molecule has 1 saturated carbocycles. The highest BCUT2D eigenvalue weighted by molar-refractivity contribution is 5.71. The molecule has 3 fully saturated rings. The fourth-order valence-electron chi connectivity index (χ4n) is 9.14. The predicted octanol–water partition coefficient (Wildman–Crippen LogP) is 7.02. The van der Waals surface area contributed by atoms with Crippen molar-refractivity contribution in [2.45, 2.75) is 77.4 Å². The summed E-state index contributed by atoms with van der Waals surface area (Å²) in [6.45, 7) is 9.25. The molecule has 1 aliphatic carbocycles. The molecule has 3 aliphatic rings. The van der Waals surface area contributed by atoms with Crippen LogP contribution in [0.4, 0.5) is 0 Å². The number of nitrogens with one attached hydrogen (secondary N) is 2. The van der Waals surface area contributed by atoms with Gasteiger partial charge in [-0.05, 0) is 122 Å². The number of aliphatic hydroxyl groups is 1. The summed E-state index contributed by atoms with van der Waals surface area (Å²) in [5, 5.41) is 37.4. The average molecular weight is 708 g/mol. The smallest absolute Gasteiger partial charge is 0.307 e. The molecule has 0 aromatic heterocycles. The fourth-order valence-corrected chi connectivity index (χ4v) is 9.14. The summed E-state index contributed by atoms with van der Waals surface area (Å²) in [5.41, 5.74) is 6.76. The fraction of sp³-hybridized carbons (Fsp3) is 0.500. The maximum absolute atomic E-state index is 12.3. The van der Waals surface area contributed by atoms with Crippen molar-refractivity contribution in [1.29, 1.82) is 0 Å². The number of aliphatic hydroxyl groups excluding tert-OH is 1. The van der Waals surface area contributed by atoms with Gasteiger partial charge in [-0.2, -0.15) is 0 Å². The van der Waals surface area contributed by atoms with E-state index in [0.29, 0.717) is 44.2 Å². The second-order valence-electron chi connectivity index (χ2n) is 15.8. The molecule has 3 aromatic rings. The summed E-state index contributed by atoms with van der Waals surface area (Å²) >= 11 is 0. The molecule has 2 aliphatic heterocycles. The Balaban J connectivity index is 1.22. The average Bonchev–Trinajstić information content (AvgIpc) is 3.94. The van der Waals surface area contributed by atoms with E-state index in [1.54, 1.807) is 0 Å². The number of allylic oxidation sites excluding steroid dienone is 1. The highest BCUT2D eigenvalue weighted by atomic mass is 16.4. The van der Waals surface area contributed by atoms with E-state index in [1.807, 2.05) is 24.3 Å². The third kappa shape index (κ3) is 10.3. The van der Waals surface area contributed by atoms with Crippen molar-refractivity contribution in [3.63, 3.8) is 0 Å². The highest BCUT2D eigenvalue weighted by Crippen LogP contribution is 2.36. The zero-order valence-electron chi connectivity index (χ0n) is 30.5. The lowest BCUT2D eigenvalue weighted by Crippen LogP contribution is -2.27. The van der Waals surface area contributed by atoms with Crippen LogP contribution < -0.4 is 10.6 Å². The Morgan fingerprint density at radius 3 is 1.33 bits per heavy atom. The summed E-state index contributed by atoms with van der Waals surface area (Å²) in [6.07, 6.45) is 8.31. The minimum Gasteiger partial charge on any atom is -0.513 e.